The molecule has 0 spiro atoms. The zero-order chi connectivity index (χ0) is 14.3. The molecule has 1 aromatic carbocycles. The molecule has 1 saturated carbocycles. The third-order valence-electron chi connectivity index (χ3n) is 3.95. The minimum absolute atomic E-state index is 0.304. The Bertz CT molecular complexity index is 608. The highest BCUT2D eigenvalue weighted by Crippen LogP contribution is 2.29. The van der Waals surface area contributed by atoms with Gasteiger partial charge in [0.15, 0.2) is 0 Å². The smallest absolute Gasteiger partial charge is 0.243 e. The maximum absolute atomic E-state index is 12.6. The van der Waals surface area contributed by atoms with Gasteiger partial charge in [0.2, 0.25) is 10.0 Å². The zero-order valence-electron chi connectivity index (χ0n) is 11.1. The lowest BCUT2D eigenvalue weighted by Gasteiger charge is -2.34. The lowest BCUT2D eigenvalue weighted by Crippen LogP contribution is -2.49. The predicted molar refractivity (Wildman–Crippen MR) is 81.9 cm³/mol. The molecule has 0 bridgehead atoms. The molecule has 7 heteroatoms. The van der Waals surface area contributed by atoms with E-state index in [1.807, 2.05) is 0 Å². The van der Waals surface area contributed by atoms with Gasteiger partial charge in [0.1, 0.15) is 0 Å². The summed E-state index contributed by atoms with van der Waals surface area (Å²) in [7, 11) is -3.41. The Morgan fingerprint density at radius 1 is 1.15 bits per heavy atom. The van der Waals surface area contributed by atoms with Crippen molar-refractivity contribution in [1.82, 2.24) is 9.21 Å². The molecule has 5 nitrogen and oxygen atoms in total. The zero-order valence-corrected chi connectivity index (χ0v) is 13.5. The van der Waals surface area contributed by atoms with E-state index >= 15 is 0 Å². The van der Waals surface area contributed by atoms with Gasteiger partial charge in [-0.25, -0.2) is 8.42 Å². The van der Waals surface area contributed by atoms with Crippen LogP contribution in [0.5, 0.6) is 0 Å². The van der Waals surface area contributed by atoms with Crippen molar-refractivity contribution >= 4 is 31.6 Å². The Balaban J connectivity index is 1.76. The summed E-state index contributed by atoms with van der Waals surface area (Å²) < 4.78 is 27.4. The molecule has 2 N–H and O–H groups in total. The molecule has 0 unspecified atom stereocenters. The van der Waals surface area contributed by atoms with E-state index in [9.17, 15) is 8.42 Å². The van der Waals surface area contributed by atoms with Crippen LogP contribution in [0.2, 0.25) is 0 Å². The molecule has 1 saturated heterocycles. The van der Waals surface area contributed by atoms with E-state index in [1.54, 1.807) is 22.5 Å². The standard InChI is InChI=1S/C13H18BrN3O2S/c14-12-9-11(3-4-13(12)15)20(18,19)17-7-5-16(6-8-17)10-1-2-10/h3-4,9-10H,1-2,5-8,15H2. The minimum atomic E-state index is -3.41. The number of hydrogen-bond acceptors (Lipinski definition) is 4. The molecule has 1 aliphatic carbocycles. The fourth-order valence-electron chi connectivity index (χ4n) is 2.57. The number of anilines is 1. The second kappa shape index (κ2) is 5.29. The lowest BCUT2D eigenvalue weighted by molar-refractivity contribution is 0.180. The molecule has 1 heterocycles. The minimum Gasteiger partial charge on any atom is -0.398 e. The number of hydrogen-bond donors (Lipinski definition) is 1. The summed E-state index contributed by atoms with van der Waals surface area (Å²) in [5.41, 5.74) is 6.25. The molecule has 0 aromatic heterocycles. The highest BCUT2D eigenvalue weighted by atomic mass is 79.9. The second-order valence-electron chi connectivity index (χ2n) is 5.35. The van der Waals surface area contributed by atoms with Gasteiger partial charge in [-0.2, -0.15) is 4.31 Å². The van der Waals surface area contributed by atoms with E-state index < -0.39 is 10.0 Å². The van der Waals surface area contributed by atoms with Gasteiger partial charge in [-0.3, -0.25) is 4.90 Å². The van der Waals surface area contributed by atoms with Gasteiger partial charge in [-0.15, -0.1) is 0 Å². The molecular formula is C13H18BrN3O2S. The van der Waals surface area contributed by atoms with Crippen molar-refractivity contribution in [2.75, 3.05) is 31.9 Å². The largest absolute Gasteiger partial charge is 0.398 e. The summed E-state index contributed by atoms with van der Waals surface area (Å²) in [6.45, 7) is 2.81. The van der Waals surface area contributed by atoms with Crippen LogP contribution < -0.4 is 5.73 Å². The summed E-state index contributed by atoms with van der Waals surface area (Å²) >= 11 is 3.28. The van der Waals surface area contributed by atoms with Crippen LogP contribution in [0.3, 0.4) is 0 Å². The SMILES string of the molecule is Nc1ccc(S(=O)(=O)N2CCN(C3CC3)CC2)cc1Br. The van der Waals surface area contributed by atoms with Crippen LogP contribution in [0, 0.1) is 0 Å². The third kappa shape index (κ3) is 2.72. The van der Waals surface area contributed by atoms with E-state index in [1.165, 1.54) is 12.8 Å². The first kappa shape index (κ1) is 14.3. The van der Waals surface area contributed by atoms with Crippen molar-refractivity contribution in [1.29, 1.82) is 0 Å². The maximum atomic E-state index is 12.6. The van der Waals surface area contributed by atoms with Gasteiger partial charge in [0, 0.05) is 42.4 Å². The van der Waals surface area contributed by atoms with E-state index in [-0.39, 0.29) is 0 Å². The summed E-state index contributed by atoms with van der Waals surface area (Å²) in [5, 5.41) is 0. The fourth-order valence-corrected chi connectivity index (χ4v) is 4.55. The van der Waals surface area contributed by atoms with E-state index in [0.29, 0.717) is 34.2 Å². The molecule has 0 amide bonds. The molecule has 110 valence electrons. The topological polar surface area (TPSA) is 66.6 Å². The van der Waals surface area contributed by atoms with Crippen molar-refractivity contribution in [2.45, 2.75) is 23.8 Å². The van der Waals surface area contributed by atoms with Crippen LogP contribution in [0.1, 0.15) is 12.8 Å². The Labute approximate surface area is 127 Å². The number of halogens is 1. The monoisotopic (exact) mass is 359 g/mol. The molecule has 1 aliphatic heterocycles. The van der Waals surface area contributed by atoms with Crippen LogP contribution in [-0.4, -0.2) is 49.8 Å². The number of nitrogens with zero attached hydrogens (tertiary/aromatic N) is 2. The average Bonchev–Trinajstić information content (AvgIpc) is 3.26. The Hall–Kier alpha value is -0.630. The summed E-state index contributed by atoms with van der Waals surface area (Å²) in [6, 6.07) is 5.48. The summed E-state index contributed by atoms with van der Waals surface area (Å²) in [5.74, 6) is 0. The number of nitrogen functional groups attached to an aromatic ring is 1. The summed E-state index contributed by atoms with van der Waals surface area (Å²) in [4.78, 5) is 2.70. The van der Waals surface area contributed by atoms with E-state index in [0.717, 1.165) is 13.1 Å². The van der Waals surface area contributed by atoms with Crippen LogP contribution in [0.25, 0.3) is 0 Å². The first-order valence-electron chi connectivity index (χ1n) is 6.78. The molecule has 2 aliphatic rings. The van der Waals surface area contributed by atoms with Crippen LogP contribution in [0.4, 0.5) is 5.69 Å². The number of sulfonamides is 1. The number of piperazine rings is 1. The first-order valence-corrected chi connectivity index (χ1v) is 9.01. The van der Waals surface area contributed by atoms with Crippen molar-refractivity contribution in [3.63, 3.8) is 0 Å². The highest BCUT2D eigenvalue weighted by Gasteiger charge is 2.34. The molecule has 1 aromatic rings. The number of benzene rings is 1. The predicted octanol–water partition coefficient (Wildman–Crippen LogP) is 1.50. The molecule has 3 rings (SSSR count). The molecule has 0 atom stereocenters. The van der Waals surface area contributed by atoms with Crippen LogP contribution >= 0.6 is 15.9 Å². The van der Waals surface area contributed by atoms with Crippen LogP contribution in [-0.2, 0) is 10.0 Å². The fraction of sp³-hybridized carbons (Fsp3) is 0.538. The normalized spacial score (nSPS) is 22.1. The van der Waals surface area contributed by atoms with Gasteiger partial charge in [-0.05, 0) is 47.0 Å². The van der Waals surface area contributed by atoms with Crippen molar-refractivity contribution in [3.8, 4) is 0 Å². The van der Waals surface area contributed by atoms with Gasteiger partial charge in [0.25, 0.3) is 0 Å². The first-order chi connectivity index (χ1) is 9.48. The van der Waals surface area contributed by atoms with Crippen molar-refractivity contribution < 1.29 is 8.42 Å². The number of rotatable bonds is 3. The highest BCUT2D eigenvalue weighted by molar-refractivity contribution is 9.10. The Morgan fingerprint density at radius 2 is 1.80 bits per heavy atom. The maximum Gasteiger partial charge on any atom is 0.243 e. The Kier molecular flexibility index (Phi) is 3.79. The lowest BCUT2D eigenvalue weighted by atomic mass is 10.3. The molecular weight excluding hydrogens is 342 g/mol. The van der Waals surface area contributed by atoms with E-state index in [4.69, 9.17) is 5.73 Å². The molecule has 2 fully saturated rings. The van der Waals surface area contributed by atoms with E-state index in [2.05, 4.69) is 20.8 Å². The van der Waals surface area contributed by atoms with Crippen molar-refractivity contribution in [2.24, 2.45) is 0 Å². The quantitative estimate of drug-likeness (QED) is 0.830. The van der Waals surface area contributed by atoms with Gasteiger partial charge in [0.05, 0.1) is 4.90 Å². The van der Waals surface area contributed by atoms with Gasteiger partial charge >= 0.3 is 0 Å². The second-order valence-corrected chi connectivity index (χ2v) is 8.15. The van der Waals surface area contributed by atoms with Gasteiger partial charge in [-0.1, -0.05) is 0 Å². The van der Waals surface area contributed by atoms with Crippen LogP contribution in [0.15, 0.2) is 27.6 Å². The third-order valence-corrected chi connectivity index (χ3v) is 6.53. The van der Waals surface area contributed by atoms with Crippen molar-refractivity contribution in [3.05, 3.63) is 22.7 Å². The van der Waals surface area contributed by atoms with Gasteiger partial charge < -0.3 is 5.73 Å². The average molecular weight is 360 g/mol. The Morgan fingerprint density at radius 3 is 2.35 bits per heavy atom. The molecule has 20 heavy (non-hydrogen) atoms. The summed E-state index contributed by atoms with van der Waals surface area (Å²) in [6.07, 6.45) is 2.52. The number of nitrogens with two attached hydrogens (primary N) is 1. The molecule has 0 radical (unpaired) electrons.